The largest absolute Gasteiger partial charge is 0.507 e. The minimum Gasteiger partial charge on any atom is -0.507 e. The van der Waals surface area contributed by atoms with Gasteiger partial charge in [0.1, 0.15) is 5.75 Å². The number of hydrogen-bond donors (Lipinski definition) is 1. The fraction of sp³-hybridized carbons (Fsp3) is 0.182. The summed E-state index contributed by atoms with van der Waals surface area (Å²) in [4.78, 5) is 10.9. The highest BCUT2D eigenvalue weighted by atomic mass is 16.5. The van der Waals surface area contributed by atoms with Gasteiger partial charge in [0.05, 0.1) is 6.61 Å². The Balaban J connectivity index is 2.69. The second kappa shape index (κ2) is 5.07. The van der Waals surface area contributed by atoms with Crippen LogP contribution in [0.1, 0.15) is 12.5 Å². The standard InChI is InChI=1S/C11H12O3/c1-2-14-11(13)8-7-9-5-3-4-6-10(9)12/h3-8,12H,2H2,1H3/b8-7-. The normalized spacial score (nSPS) is 10.4. The monoisotopic (exact) mass is 192 g/mol. The molecule has 0 aromatic heterocycles. The minimum atomic E-state index is -0.407. The van der Waals surface area contributed by atoms with Gasteiger partial charge < -0.3 is 9.84 Å². The van der Waals surface area contributed by atoms with Crippen molar-refractivity contribution in [2.75, 3.05) is 6.61 Å². The molecule has 1 N–H and O–H groups in total. The molecule has 0 saturated heterocycles. The molecule has 0 unspecified atom stereocenters. The Morgan fingerprint density at radius 3 is 2.86 bits per heavy atom. The van der Waals surface area contributed by atoms with Gasteiger partial charge >= 0.3 is 5.97 Å². The summed E-state index contributed by atoms with van der Waals surface area (Å²) >= 11 is 0. The van der Waals surface area contributed by atoms with Crippen LogP contribution >= 0.6 is 0 Å². The molecular formula is C11H12O3. The zero-order valence-electron chi connectivity index (χ0n) is 7.93. The third-order valence-corrected chi connectivity index (χ3v) is 1.62. The molecule has 0 bridgehead atoms. The number of phenolic OH excluding ortho intramolecular Hbond substituents is 1. The second-order valence-corrected chi connectivity index (χ2v) is 2.64. The summed E-state index contributed by atoms with van der Waals surface area (Å²) in [7, 11) is 0. The van der Waals surface area contributed by atoms with Crippen LogP contribution in [0, 0.1) is 0 Å². The highest BCUT2D eigenvalue weighted by Gasteiger charge is 1.96. The third-order valence-electron chi connectivity index (χ3n) is 1.62. The lowest BCUT2D eigenvalue weighted by Crippen LogP contribution is -1.98. The molecule has 0 saturated carbocycles. The van der Waals surface area contributed by atoms with Crippen LogP contribution in [0.25, 0.3) is 6.08 Å². The van der Waals surface area contributed by atoms with Crippen LogP contribution in [0.4, 0.5) is 0 Å². The lowest BCUT2D eigenvalue weighted by Gasteiger charge is -1.97. The molecule has 74 valence electrons. The first-order chi connectivity index (χ1) is 6.74. The van der Waals surface area contributed by atoms with Crippen molar-refractivity contribution >= 4 is 12.0 Å². The SMILES string of the molecule is CCOC(=O)/C=C\c1ccccc1O. The van der Waals surface area contributed by atoms with Gasteiger partial charge in [-0.15, -0.1) is 0 Å². The Hall–Kier alpha value is -1.77. The van der Waals surface area contributed by atoms with Gasteiger partial charge in [-0.1, -0.05) is 18.2 Å². The molecule has 0 atom stereocenters. The van der Waals surface area contributed by atoms with Crippen LogP contribution in [0.15, 0.2) is 30.3 Å². The van der Waals surface area contributed by atoms with Crippen molar-refractivity contribution < 1.29 is 14.6 Å². The molecular weight excluding hydrogens is 180 g/mol. The molecule has 0 heterocycles. The molecule has 1 rings (SSSR count). The molecule has 0 aliphatic heterocycles. The van der Waals surface area contributed by atoms with Crippen molar-refractivity contribution in [1.82, 2.24) is 0 Å². The van der Waals surface area contributed by atoms with Crippen LogP contribution in [0.5, 0.6) is 5.75 Å². The average Bonchev–Trinajstić information content (AvgIpc) is 2.17. The van der Waals surface area contributed by atoms with Crippen molar-refractivity contribution in [1.29, 1.82) is 0 Å². The molecule has 0 aliphatic rings. The smallest absolute Gasteiger partial charge is 0.330 e. The average molecular weight is 192 g/mol. The van der Waals surface area contributed by atoms with Crippen molar-refractivity contribution in [3.8, 4) is 5.75 Å². The zero-order chi connectivity index (χ0) is 10.4. The summed E-state index contributed by atoms with van der Waals surface area (Å²) in [6.07, 6.45) is 2.81. The molecule has 14 heavy (non-hydrogen) atoms. The molecule has 3 nitrogen and oxygen atoms in total. The number of ether oxygens (including phenoxy) is 1. The quantitative estimate of drug-likeness (QED) is 0.588. The van der Waals surface area contributed by atoms with Gasteiger partial charge in [0.2, 0.25) is 0 Å². The summed E-state index contributed by atoms with van der Waals surface area (Å²) in [5.41, 5.74) is 0.598. The lowest BCUT2D eigenvalue weighted by atomic mass is 10.2. The number of rotatable bonds is 3. The predicted molar refractivity (Wildman–Crippen MR) is 53.8 cm³/mol. The van der Waals surface area contributed by atoms with Crippen molar-refractivity contribution in [2.24, 2.45) is 0 Å². The van der Waals surface area contributed by atoms with E-state index in [9.17, 15) is 9.90 Å². The van der Waals surface area contributed by atoms with Crippen LogP contribution in [0.3, 0.4) is 0 Å². The highest BCUT2D eigenvalue weighted by molar-refractivity contribution is 5.87. The van der Waals surface area contributed by atoms with E-state index < -0.39 is 5.97 Å². The number of hydrogen-bond acceptors (Lipinski definition) is 3. The van der Waals surface area contributed by atoms with Gasteiger partial charge in [-0.3, -0.25) is 0 Å². The maximum absolute atomic E-state index is 10.9. The van der Waals surface area contributed by atoms with Gasteiger partial charge in [0, 0.05) is 11.6 Å². The Kier molecular flexibility index (Phi) is 3.73. The van der Waals surface area contributed by atoms with E-state index >= 15 is 0 Å². The number of esters is 1. The van der Waals surface area contributed by atoms with E-state index in [4.69, 9.17) is 4.74 Å². The van der Waals surface area contributed by atoms with Gasteiger partial charge in [-0.05, 0) is 19.1 Å². The molecule has 0 radical (unpaired) electrons. The third kappa shape index (κ3) is 2.94. The summed E-state index contributed by atoms with van der Waals surface area (Å²) in [6.45, 7) is 2.09. The predicted octanol–water partition coefficient (Wildman–Crippen LogP) is 1.97. The lowest BCUT2D eigenvalue weighted by molar-refractivity contribution is -0.137. The van der Waals surface area contributed by atoms with Gasteiger partial charge in [-0.2, -0.15) is 0 Å². The van der Waals surface area contributed by atoms with Crippen LogP contribution in [-0.4, -0.2) is 17.7 Å². The summed E-state index contributed by atoms with van der Waals surface area (Å²) in [5.74, 6) is -0.260. The van der Waals surface area contributed by atoms with Gasteiger partial charge in [0.15, 0.2) is 0 Å². The maximum Gasteiger partial charge on any atom is 0.330 e. The molecule has 0 amide bonds. The van der Waals surface area contributed by atoms with E-state index in [1.807, 2.05) is 0 Å². The van der Waals surface area contributed by atoms with E-state index in [-0.39, 0.29) is 5.75 Å². The van der Waals surface area contributed by atoms with E-state index in [2.05, 4.69) is 0 Å². The zero-order valence-corrected chi connectivity index (χ0v) is 7.93. The Morgan fingerprint density at radius 1 is 1.50 bits per heavy atom. The van der Waals surface area contributed by atoms with Gasteiger partial charge in [0.25, 0.3) is 0 Å². The molecule has 0 fully saturated rings. The first kappa shape index (κ1) is 10.3. The first-order valence-corrected chi connectivity index (χ1v) is 4.37. The fourth-order valence-electron chi connectivity index (χ4n) is 0.977. The number of phenols is 1. The van der Waals surface area contributed by atoms with Gasteiger partial charge in [-0.25, -0.2) is 4.79 Å². The fourth-order valence-corrected chi connectivity index (χ4v) is 0.977. The molecule has 0 aliphatic carbocycles. The summed E-state index contributed by atoms with van der Waals surface area (Å²) in [5, 5.41) is 9.35. The van der Waals surface area contributed by atoms with Crippen molar-refractivity contribution in [2.45, 2.75) is 6.92 Å². The number of carbonyl (C=O) groups is 1. The number of carbonyl (C=O) groups excluding carboxylic acids is 1. The molecule has 1 aromatic carbocycles. The Bertz CT molecular complexity index is 342. The van der Waals surface area contributed by atoms with E-state index in [0.29, 0.717) is 12.2 Å². The van der Waals surface area contributed by atoms with Crippen LogP contribution in [-0.2, 0) is 9.53 Å². The van der Waals surface area contributed by atoms with Crippen molar-refractivity contribution in [3.05, 3.63) is 35.9 Å². The van der Waals surface area contributed by atoms with E-state index in [1.54, 1.807) is 31.2 Å². The second-order valence-electron chi connectivity index (χ2n) is 2.64. The number of benzene rings is 1. The molecule has 1 aromatic rings. The Morgan fingerprint density at radius 2 is 2.21 bits per heavy atom. The Labute approximate surface area is 82.6 Å². The number of aromatic hydroxyl groups is 1. The summed E-state index contributed by atoms with van der Waals surface area (Å²) < 4.78 is 4.70. The van der Waals surface area contributed by atoms with Crippen molar-refractivity contribution in [3.63, 3.8) is 0 Å². The van der Waals surface area contributed by atoms with Crippen LogP contribution < -0.4 is 0 Å². The summed E-state index contributed by atoms with van der Waals surface area (Å²) in [6, 6.07) is 6.78. The minimum absolute atomic E-state index is 0.146. The van der Waals surface area contributed by atoms with Crippen LogP contribution in [0.2, 0.25) is 0 Å². The number of para-hydroxylation sites is 1. The first-order valence-electron chi connectivity index (χ1n) is 4.37. The molecule has 3 heteroatoms. The van der Waals surface area contributed by atoms with E-state index in [0.717, 1.165) is 0 Å². The maximum atomic E-state index is 10.9. The highest BCUT2D eigenvalue weighted by Crippen LogP contribution is 2.16. The molecule has 0 spiro atoms. The van der Waals surface area contributed by atoms with E-state index in [1.165, 1.54) is 12.2 Å². The topological polar surface area (TPSA) is 46.5 Å².